The molecule has 1 saturated carbocycles. The van der Waals surface area contributed by atoms with Gasteiger partial charge in [0.2, 0.25) is 0 Å². The van der Waals surface area contributed by atoms with Gasteiger partial charge in [0.25, 0.3) is 11.8 Å². The van der Waals surface area contributed by atoms with Gasteiger partial charge in [-0.05, 0) is 25.3 Å². The molecule has 0 radical (unpaired) electrons. The largest absolute Gasteiger partial charge is 0.379 e. The molecule has 2 amide bonds. The van der Waals surface area contributed by atoms with Crippen LogP contribution in [0.4, 0.5) is 17.2 Å². The third kappa shape index (κ3) is 4.93. The molecule has 3 aromatic rings. The minimum absolute atomic E-state index is 0.0563. The minimum atomic E-state index is -0.504. The Morgan fingerprint density at radius 2 is 1.85 bits per heavy atom. The molecule has 0 aromatic carbocycles. The Labute approximate surface area is 189 Å². The van der Waals surface area contributed by atoms with Crippen LogP contribution in [0.5, 0.6) is 0 Å². The summed E-state index contributed by atoms with van der Waals surface area (Å²) in [5, 5.41) is 8.75. The molecule has 3 N–H and O–H groups in total. The highest BCUT2D eigenvalue weighted by atomic mass is 16.5. The maximum absolute atomic E-state index is 13.3. The number of nitrogens with zero attached hydrogens (tertiary/aromatic N) is 5. The lowest BCUT2D eigenvalue weighted by Crippen LogP contribution is -2.35. The zero-order valence-electron chi connectivity index (χ0n) is 17.7. The van der Waals surface area contributed by atoms with Crippen molar-refractivity contribution >= 4 is 29.0 Å². The van der Waals surface area contributed by atoms with Crippen LogP contribution in [0, 0.1) is 0 Å². The molecular formula is C22H22N8O3. The number of amides is 2. The Kier molecular flexibility index (Phi) is 5.85. The highest BCUT2D eigenvalue weighted by molar-refractivity contribution is 6.10. The molecule has 0 bridgehead atoms. The van der Waals surface area contributed by atoms with Gasteiger partial charge < -0.3 is 20.7 Å². The predicted molar refractivity (Wildman–Crippen MR) is 118 cm³/mol. The summed E-state index contributed by atoms with van der Waals surface area (Å²) in [6, 6.07) is 1.51. The molecule has 2 fully saturated rings. The van der Waals surface area contributed by atoms with E-state index in [9.17, 15) is 9.59 Å². The predicted octanol–water partition coefficient (Wildman–Crippen LogP) is 2.05. The fourth-order valence-corrected chi connectivity index (χ4v) is 3.51. The SMILES string of the molecule is O=C(NC1CCOC1)c1ccncc1NC(=O)c1nc(C2CC2)cnc1Nc1cncnc1. The van der Waals surface area contributed by atoms with Crippen LogP contribution in [-0.2, 0) is 4.74 Å². The van der Waals surface area contributed by atoms with Gasteiger partial charge >= 0.3 is 0 Å². The second-order valence-corrected chi connectivity index (χ2v) is 7.93. The molecular weight excluding hydrogens is 424 g/mol. The maximum Gasteiger partial charge on any atom is 0.278 e. The van der Waals surface area contributed by atoms with E-state index >= 15 is 0 Å². The number of hydrogen-bond donors (Lipinski definition) is 3. The second kappa shape index (κ2) is 9.25. The molecule has 1 saturated heterocycles. The molecule has 1 aliphatic heterocycles. The first-order valence-electron chi connectivity index (χ1n) is 10.7. The van der Waals surface area contributed by atoms with Crippen LogP contribution in [0.2, 0.25) is 0 Å². The highest BCUT2D eigenvalue weighted by Gasteiger charge is 2.28. The van der Waals surface area contributed by atoms with Crippen LogP contribution >= 0.6 is 0 Å². The Bertz CT molecular complexity index is 1160. The van der Waals surface area contributed by atoms with Gasteiger partial charge in [0.15, 0.2) is 11.5 Å². The third-order valence-electron chi connectivity index (χ3n) is 5.40. The summed E-state index contributed by atoms with van der Waals surface area (Å²) in [6.45, 7) is 1.09. The van der Waals surface area contributed by atoms with E-state index in [-0.39, 0.29) is 29.1 Å². The van der Waals surface area contributed by atoms with Gasteiger partial charge in [0, 0.05) is 18.7 Å². The first-order valence-corrected chi connectivity index (χ1v) is 10.7. The number of carbonyl (C=O) groups is 2. The number of aromatic nitrogens is 5. The van der Waals surface area contributed by atoms with Gasteiger partial charge in [-0.1, -0.05) is 0 Å². The van der Waals surface area contributed by atoms with Crippen LogP contribution in [0.15, 0.2) is 43.4 Å². The number of hydrogen-bond acceptors (Lipinski definition) is 9. The van der Waals surface area contributed by atoms with Crippen LogP contribution in [0.1, 0.15) is 51.7 Å². The fraction of sp³-hybridized carbons (Fsp3) is 0.318. The zero-order valence-corrected chi connectivity index (χ0v) is 17.7. The van der Waals surface area contributed by atoms with Crippen molar-refractivity contribution in [2.45, 2.75) is 31.2 Å². The van der Waals surface area contributed by atoms with Gasteiger partial charge in [-0.15, -0.1) is 0 Å². The molecule has 11 nitrogen and oxygen atoms in total. The normalized spacial score (nSPS) is 17.4. The average molecular weight is 446 g/mol. The summed E-state index contributed by atoms with van der Waals surface area (Å²) in [5.74, 6) is -0.229. The molecule has 33 heavy (non-hydrogen) atoms. The number of pyridine rings is 1. The number of rotatable bonds is 7. The monoisotopic (exact) mass is 446 g/mol. The average Bonchev–Trinajstić information content (AvgIpc) is 3.57. The smallest absolute Gasteiger partial charge is 0.278 e. The Morgan fingerprint density at radius 3 is 2.61 bits per heavy atom. The molecule has 0 spiro atoms. The van der Waals surface area contributed by atoms with Gasteiger partial charge in [0.05, 0.1) is 60.1 Å². The standard InChI is InChI=1S/C22H22N8O3/c31-21(28-14-4-6-33-11-14)16-3-5-23-9-18(16)30-22(32)19-20(27-15-7-24-12-25-8-15)26-10-17(29-19)13-1-2-13/h3,5,7-10,12-14H,1-2,4,6,11H2,(H,26,27)(H,28,31)(H,30,32). The molecule has 168 valence electrons. The Balaban J connectivity index is 1.40. The summed E-state index contributed by atoms with van der Waals surface area (Å²) in [7, 11) is 0. The molecule has 2 aliphatic rings. The molecule has 1 unspecified atom stereocenters. The van der Waals surface area contributed by atoms with Crippen LogP contribution in [0.3, 0.4) is 0 Å². The maximum atomic E-state index is 13.3. The summed E-state index contributed by atoms with van der Waals surface area (Å²) < 4.78 is 5.32. The molecule has 1 aliphatic carbocycles. The van der Waals surface area contributed by atoms with Crippen LogP contribution in [-0.4, -0.2) is 56.0 Å². The van der Waals surface area contributed by atoms with Gasteiger partial charge in [-0.3, -0.25) is 14.6 Å². The van der Waals surface area contributed by atoms with E-state index in [0.29, 0.717) is 30.4 Å². The first kappa shape index (κ1) is 20.9. The summed E-state index contributed by atoms with van der Waals surface area (Å²) in [4.78, 5) is 47.1. The van der Waals surface area contributed by atoms with Gasteiger partial charge in [0.1, 0.15) is 6.33 Å². The van der Waals surface area contributed by atoms with Crippen molar-refractivity contribution in [2.24, 2.45) is 0 Å². The lowest BCUT2D eigenvalue weighted by Gasteiger charge is -2.15. The number of ether oxygens (including phenoxy) is 1. The van der Waals surface area contributed by atoms with E-state index in [1.54, 1.807) is 24.7 Å². The van der Waals surface area contributed by atoms with Crippen molar-refractivity contribution in [1.29, 1.82) is 0 Å². The fourth-order valence-electron chi connectivity index (χ4n) is 3.51. The van der Waals surface area contributed by atoms with Crippen molar-refractivity contribution in [1.82, 2.24) is 30.2 Å². The van der Waals surface area contributed by atoms with E-state index in [4.69, 9.17) is 4.74 Å². The number of carbonyl (C=O) groups excluding carboxylic acids is 2. The zero-order chi connectivity index (χ0) is 22.6. The highest BCUT2D eigenvalue weighted by Crippen LogP contribution is 2.39. The van der Waals surface area contributed by atoms with Crippen molar-refractivity contribution < 1.29 is 14.3 Å². The van der Waals surface area contributed by atoms with Gasteiger partial charge in [-0.2, -0.15) is 0 Å². The lowest BCUT2D eigenvalue weighted by atomic mass is 10.1. The van der Waals surface area contributed by atoms with Crippen molar-refractivity contribution in [3.8, 4) is 0 Å². The quantitative estimate of drug-likeness (QED) is 0.496. The van der Waals surface area contributed by atoms with E-state index in [0.717, 1.165) is 25.0 Å². The Morgan fingerprint density at radius 1 is 1.00 bits per heavy atom. The molecule has 1 atom stereocenters. The topological polar surface area (TPSA) is 144 Å². The van der Waals surface area contributed by atoms with Crippen LogP contribution < -0.4 is 16.0 Å². The summed E-state index contributed by atoms with van der Waals surface area (Å²) in [6.07, 6.45) is 12.0. The van der Waals surface area contributed by atoms with Crippen molar-refractivity contribution in [3.05, 3.63) is 60.3 Å². The van der Waals surface area contributed by atoms with E-state index in [1.807, 2.05) is 0 Å². The van der Waals surface area contributed by atoms with Crippen LogP contribution in [0.25, 0.3) is 0 Å². The van der Waals surface area contributed by atoms with E-state index in [1.165, 1.54) is 18.7 Å². The second-order valence-electron chi connectivity index (χ2n) is 7.93. The molecule has 3 aromatic heterocycles. The lowest BCUT2D eigenvalue weighted by molar-refractivity contribution is 0.0930. The number of anilines is 3. The van der Waals surface area contributed by atoms with Crippen molar-refractivity contribution in [3.63, 3.8) is 0 Å². The summed E-state index contributed by atoms with van der Waals surface area (Å²) in [5.41, 5.74) is 2.04. The van der Waals surface area contributed by atoms with E-state index < -0.39 is 5.91 Å². The first-order chi connectivity index (χ1) is 16.2. The number of nitrogens with one attached hydrogen (secondary N) is 3. The Hall–Kier alpha value is -3.99. The van der Waals surface area contributed by atoms with Gasteiger partial charge in [-0.25, -0.2) is 19.9 Å². The third-order valence-corrected chi connectivity index (χ3v) is 5.40. The minimum Gasteiger partial charge on any atom is -0.379 e. The molecule has 4 heterocycles. The molecule has 11 heteroatoms. The molecule has 5 rings (SSSR count). The van der Waals surface area contributed by atoms with E-state index in [2.05, 4.69) is 40.9 Å². The summed E-state index contributed by atoms with van der Waals surface area (Å²) >= 11 is 0. The van der Waals surface area contributed by atoms with Crippen molar-refractivity contribution in [2.75, 3.05) is 23.8 Å².